The van der Waals surface area contributed by atoms with Crippen molar-refractivity contribution in [3.63, 3.8) is 0 Å². The largest absolute Gasteiger partial charge is 0.493 e. The van der Waals surface area contributed by atoms with Gasteiger partial charge in [-0.2, -0.15) is 45.5 Å². The van der Waals surface area contributed by atoms with Crippen LogP contribution in [0, 0.1) is 36.4 Å². The number of halogens is 8. The molecule has 0 unspecified atom stereocenters. The summed E-state index contributed by atoms with van der Waals surface area (Å²) in [6.45, 7) is 0.995. The molecule has 0 aliphatic rings. The van der Waals surface area contributed by atoms with Gasteiger partial charge >= 0.3 is 6.18 Å². The monoisotopic (exact) mass is 502 g/mol. The van der Waals surface area contributed by atoms with Crippen molar-refractivity contribution in [1.82, 2.24) is 19.7 Å². The van der Waals surface area contributed by atoms with Gasteiger partial charge in [-0.3, -0.25) is 4.79 Å². The molecule has 0 amide bonds. The molecule has 0 aromatic carbocycles. The molecule has 0 spiro atoms. The van der Waals surface area contributed by atoms with Crippen LogP contribution in [0.4, 0.5) is 35.1 Å². The Balaban J connectivity index is 0.00000341. The third-order valence-corrected chi connectivity index (χ3v) is 3.78. The van der Waals surface area contributed by atoms with Crippen LogP contribution in [0.1, 0.15) is 27.3 Å². The van der Waals surface area contributed by atoms with Crippen LogP contribution in [0.25, 0.3) is 5.69 Å². The van der Waals surface area contributed by atoms with Crippen LogP contribution in [0.3, 0.4) is 0 Å². The minimum absolute atomic E-state index is 0. The van der Waals surface area contributed by atoms with Gasteiger partial charge in [0.15, 0.2) is 11.5 Å². The zero-order valence-electron chi connectivity index (χ0n) is 15.0. The summed E-state index contributed by atoms with van der Waals surface area (Å²) in [4.78, 5) is 17.4. The summed E-state index contributed by atoms with van der Waals surface area (Å²) in [5.74, 6) is -12.5. The first-order chi connectivity index (χ1) is 13.8. The second-order valence-corrected chi connectivity index (χ2v) is 5.75. The van der Waals surface area contributed by atoms with Gasteiger partial charge < -0.3 is 5.11 Å². The fourth-order valence-corrected chi connectivity index (χ4v) is 2.55. The van der Waals surface area contributed by atoms with Crippen LogP contribution >= 0.6 is 0 Å². The summed E-state index contributed by atoms with van der Waals surface area (Å²) >= 11 is 0. The number of carbonyl (C=O) groups excluding carboxylic acids is 1. The zero-order valence-corrected chi connectivity index (χ0v) is 18.0. The van der Waals surface area contributed by atoms with Crippen LogP contribution in [-0.4, -0.2) is 30.6 Å². The van der Waals surface area contributed by atoms with Crippen LogP contribution in [0.2, 0.25) is 0 Å². The Morgan fingerprint density at radius 2 is 1.55 bits per heavy atom. The molecule has 0 radical (unpaired) electrons. The van der Waals surface area contributed by atoms with E-state index in [0.29, 0.717) is 12.1 Å². The maximum Gasteiger partial charge on any atom is 0.436 e. The van der Waals surface area contributed by atoms with E-state index >= 15 is 0 Å². The van der Waals surface area contributed by atoms with Gasteiger partial charge in [-0.25, -0.2) is 9.37 Å². The smallest absolute Gasteiger partial charge is 0.436 e. The Labute approximate surface area is 179 Å². The van der Waals surface area contributed by atoms with Crippen LogP contribution in [-0.2, 0) is 25.7 Å². The van der Waals surface area contributed by atoms with Crippen LogP contribution < -0.4 is 0 Å². The minimum atomic E-state index is -5.53. The Morgan fingerprint density at radius 3 is 2.06 bits per heavy atom. The van der Waals surface area contributed by atoms with Gasteiger partial charge in [-0.1, -0.05) is 0 Å². The molecule has 0 aliphatic heterocycles. The number of carbonyl (C=O) groups is 1. The van der Waals surface area contributed by atoms with Gasteiger partial charge in [-0.15, -0.1) is 0 Å². The van der Waals surface area contributed by atoms with E-state index in [1.165, 1.54) is 0 Å². The fraction of sp³-hybridized carbons (Fsp3) is 0.125. The first-order valence-electron chi connectivity index (χ1n) is 7.61. The Hall–Kier alpha value is -2.96. The quantitative estimate of drug-likeness (QED) is 0.256. The number of hydrogen-bond donors (Lipinski definition) is 1. The number of alkyl halides is 3. The summed E-state index contributed by atoms with van der Waals surface area (Å²) in [7, 11) is 0. The number of ketones is 1. The normalized spacial score (nSPS) is 11.4. The maximum atomic E-state index is 14.3. The van der Waals surface area contributed by atoms with Crippen molar-refractivity contribution in [2.45, 2.75) is 13.1 Å². The Kier molecular flexibility index (Phi) is 6.50. The SMILES string of the molecule is Cc1nn(-c2c(F)c(F)nc(C(F)(F)F)c2F)c(O)c1C(=O)c1cc(F)nc(F)c1.[Zn]. The molecule has 31 heavy (non-hydrogen) atoms. The van der Waals surface area contributed by atoms with Gasteiger partial charge in [0.2, 0.25) is 29.4 Å². The van der Waals surface area contributed by atoms with Crippen molar-refractivity contribution in [2.75, 3.05) is 0 Å². The predicted molar refractivity (Wildman–Crippen MR) is 80.2 cm³/mol. The topological polar surface area (TPSA) is 80.9 Å². The molecule has 3 rings (SSSR count). The van der Waals surface area contributed by atoms with Gasteiger partial charge in [0.05, 0.1) is 5.69 Å². The first-order valence-corrected chi connectivity index (χ1v) is 7.61. The number of aryl methyl sites for hydroxylation is 1. The van der Waals surface area contributed by atoms with E-state index in [9.17, 15) is 45.0 Å². The Bertz CT molecular complexity index is 1180. The number of aromatic hydroxyl groups is 1. The molecule has 3 heterocycles. The molecule has 6 nitrogen and oxygen atoms in total. The molecule has 0 aliphatic carbocycles. The zero-order chi connectivity index (χ0) is 22.5. The molecule has 3 aromatic heterocycles. The van der Waals surface area contributed by atoms with Gasteiger partial charge in [0.25, 0.3) is 5.95 Å². The first kappa shape index (κ1) is 24.3. The summed E-state index contributed by atoms with van der Waals surface area (Å²) in [6, 6.07) is 0.938. The average molecular weight is 504 g/mol. The van der Waals surface area contributed by atoms with Crippen molar-refractivity contribution in [1.29, 1.82) is 0 Å². The molecule has 15 heteroatoms. The third-order valence-electron chi connectivity index (χ3n) is 3.78. The van der Waals surface area contributed by atoms with Crippen molar-refractivity contribution in [2.24, 2.45) is 0 Å². The number of nitrogens with zero attached hydrogens (tertiary/aromatic N) is 4. The molecular formula is C16H6F8N4O2Zn. The van der Waals surface area contributed by atoms with E-state index in [1.54, 1.807) is 0 Å². The second kappa shape index (κ2) is 8.29. The van der Waals surface area contributed by atoms with Crippen molar-refractivity contribution >= 4 is 5.78 Å². The van der Waals surface area contributed by atoms with Gasteiger partial charge in [0, 0.05) is 37.2 Å². The maximum absolute atomic E-state index is 14.3. The van der Waals surface area contributed by atoms with E-state index in [-0.39, 0.29) is 24.2 Å². The van der Waals surface area contributed by atoms with Crippen LogP contribution in [0.5, 0.6) is 5.88 Å². The molecule has 160 valence electrons. The summed E-state index contributed by atoms with van der Waals surface area (Å²) in [5, 5.41) is 13.5. The molecule has 0 saturated carbocycles. The number of hydrogen-bond acceptors (Lipinski definition) is 5. The molecule has 0 saturated heterocycles. The van der Waals surface area contributed by atoms with E-state index in [4.69, 9.17) is 0 Å². The summed E-state index contributed by atoms with van der Waals surface area (Å²) in [5.41, 5.74) is -6.29. The molecule has 1 N–H and O–H groups in total. The number of aromatic nitrogens is 4. The molecule has 0 fully saturated rings. The van der Waals surface area contributed by atoms with Gasteiger partial charge in [-0.05, 0) is 6.92 Å². The van der Waals surface area contributed by atoms with E-state index in [0.717, 1.165) is 6.92 Å². The van der Waals surface area contributed by atoms with Crippen molar-refractivity contribution in [3.05, 3.63) is 64.1 Å². The fourth-order valence-electron chi connectivity index (χ4n) is 2.55. The van der Waals surface area contributed by atoms with Crippen LogP contribution in [0.15, 0.2) is 12.1 Å². The third kappa shape index (κ3) is 4.27. The molecule has 0 atom stereocenters. The predicted octanol–water partition coefficient (Wildman–Crippen LogP) is 3.62. The summed E-state index contributed by atoms with van der Waals surface area (Å²) in [6.07, 6.45) is -5.53. The average Bonchev–Trinajstić information content (AvgIpc) is 2.90. The molecule has 0 bridgehead atoms. The molecule has 3 aromatic rings. The standard InChI is InChI=1S/C16H6F8N4O2.Zn/c1-4-8(12(29)5-2-6(17)25-7(18)3-5)15(30)28(27-4)11-9(19)13(16(22,23)24)26-14(21)10(11)20;/h2-3,30H,1H3;. The van der Waals surface area contributed by atoms with E-state index in [2.05, 4.69) is 15.1 Å². The summed E-state index contributed by atoms with van der Waals surface area (Å²) < 4.78 is 107. The molecular weight excluding hydrogens is 498 g/mol. The second-order valence-electron chi connectivity index (χ2n) is 5.75. The van der Waals surface area contributed by atoms with E-state index in [1.807, 2.05) is 0 Å². The Morgan fingerprint density at radius 1 is 1.00 bits per heavy atom. The van der Waals surface area contributed by atoms with Crippen molar-refractivity contribution in [3.8, 4) is 11.6 Å². The number of rotatable bonds is 3. The van der Waals surface area contributed by atoms with Crippen molar-refractivity contribution < 1.29 is 64.5 Å². The van der Waals surface area contributed by atoms with E-state index < -0.39 is 75.5 Å². The minimum Gasteiger partial charge on any atom is -0.493 e. The number of pyridine rings is 2. The van der Waals surface area contributed by atoms with Gasteiger partial charge in [0.1, 0.15) is 11.3 Å².